The highest BCUT2D eigenvalue weighted by atomic mass is 35.5. The van der Waals surface area contributed by atoms with Crippen molar-refractivity contribution < 1.29 is 18.0 Å². The first-order chi connectivity index (χ1) is 16.5. The summed E-state index contributed by atoms with van der Waals surface area (Å²) in [6.07, 6.45) is 3.02. The van der Waals surface area contributed by atoms with E-state index in [1.165, 1.54) is 11.0 Å². The Hall–Kier alpha value is -2.00. The summed E-state index contributed by atoms with van der Waals surface area (Å²) in [6, 6.07) is 10.4. The lowest BCUT2D eigenvalue weighted by atomic mass is 10.1. The Morgan fingerprint density at radius 3 is 2.29 bits per heavy atom. The number of carbonyl (C=O) groups is 2. The summed E-state index contributed by atoms with van der Waals surface area (Å²) in [5.41, 5.74) is 0.753. The van der Waals surface area contributed by atoms with Crippen molar-refractivity contribution in [3.05, 3.63) is 63.1 Å². The Balaban J connectivity index is 2.45. The topological polar surface area (TPSA) is 86.8 Å². The number of benzene rings is 2. The molecule has 0 bridgehead atoms. The first-order valence-electron chi connectivity index (χ1n) is 11.2. The molecule has 11 heteroatoms. The summed E-state index contributed by atoms with van der Waals surface area (Å²) in [6.45, 7) is 3.73. The average molecular weight is 563 g/mol. The van der Waals surface area contributed by atoms with Crippen molar-refractivity contribution in [2.75, 3.05) is 23.7 Å². The Labute approximate surface area is 222 Å². The maximum absolute atomic E-state index is 13.6. The van der Waals surface area contributed by atoms with Crippen LogP contribution < -0.4 is 9.62 Å². The second kappa shape index (κ2) is 13.3. The van der Waals surface area contributed by atoms with Crippen LogP contribution in [0.3, 0.4) is 0 Å². The third-order valence-electron chi connectivity index (χ3n) is 5.37. The zero-order valence-electron chi connectivity index (χ0n) is 19.9. The van der Waals surface area contributed by atoms with Gasteiger partial charge in [0.05, 0.1) is 17.0 Å². The smallest absolute Gasteiger partial charge is 0.244 e. The normalized spacial score (nSPS) is 12.2. The Bertz CT molecular complexity index is 1140. The van der Waals surface area contributed by atoms with Crippen molar-refractivity contribution in [1.29, 1.82) is 0 Å². The molecule has 0 saturated heterocycles. The Morgan fingerprint density at radius 1 is 1.03 bits per heavy atom. The predicted octanol–water partition coefficient (Wildman–Crippen LogP) is 5.14. The number of halogens is 3. The van der Waals surface area contributed by atoms with Gasteiger partial charge in [-0.3, -0.25) is 13.9 Å². The molecule has 1 N–H and O–H groups in total. The highest BCUT2D eigenvalue weighted by molar-refractivity contribution is 7.92. The molecule has 192 valence electrons. The molecule has 2 rings (SSSR count). The van der Waals surface area contributed by atoms with Crippen LogP contribution in [0.25, 0.3) is 0 Å². The molecule has 0 radical (unpaired) electrons. The molecule has 0 heterocycles. The van der Waals surface area contributed by atoms with Gasteiger partial charge < -0.3 is 10.2 Å². The van der Waals surface area contributed by atoms with Gasteiger partial charge in [-0.15, -0.1) is 0 Å². The van der Waals surface area contributed by atoms with Gasteiger partial charge in [0.15, 0.2) is 0 Å². The standard InChI is InChI=1S/C24H30Cl3N3O4S/c1-4-6-13-28-24(32)21(5-2)29(15-17-11-12-18(25)14-20(17)27)23(31)16-30(35(3,33)34)22-10-8-7-9-19(22)26/h7-12,14,21H,4-6,13,15-16H2,1-3H3,(H,28,32)/t21-/m1/s1. The minimum Gasteiger partial charge on any atom is -0.354 e. The minimum absolute atomic E-state index is 0.00529. The maximum atomic E-state index is 13.6. The molecule has 0 fully saturated rings. The number of hydrogen-bond donors (Lipinski definition) is 1. The fourth-order valence-corrected chi connectivity index (χ4v) is 5.13. The van der Waals surface area contributed by atoms with Crippen molar-refractivity contribution in [2.45, 2.75) is 45.7 Å². The highest BCUT2D eigenvalue weighted by Gasteiger charge is 2.32. The van der Waals surface area contributed by atoms with E-state index in [-0.39, 0.29) is 23.2 Å². The van der Waals surface area contributed by atoms with Crippen molar-refractivity contribution in [2.24, 2.45) is 0 Å². The fraction of sp³-hybridized carbons (Fsp3) is 0.417. The molecule has 0 saturated carbocycles. The molecule has 7 nitrogen and oxygen atoms in total. The van der Waals surface area contributed by atoms with E-state index >= 15 is 0 Å². The number of nitrogens with zero attached hydrogens (tertiary/aromatic N) is 2. The number of anilines is 1. The highest BCUT2D eigenvalue weighted by Crippen LogP contribution is 2.28. The fourth-order valence-electron chi connectivity index (χ4n) is 3.51. The van der Waals surface area contributed by atoms with Gasteiger partial charge in [-0.25, -0.2) is 8.42 Å². The van der Waals surface area contributed by atoms with Gasteiger partial charge in [-0.1, -0.05) is 73.3 Å². The van der Waals surface area contributed by atoms with E-state index in [9.17, 15) is 18.0 Å². The van der Waals surface area contributed by atoms with Gasteiger partial charge in [-0.05, 0) is 42.7 Å². The summed E-state index contributed by atoms with van der Waals surface area (Å²) in [7, 11) is -3.87. The number of unbranched alkanes of at least 4 members (excludes halogenated alkanes) is 1. The molecule has 0 aliphatic heterocycles. The summed E-state index contributed by atoms with van der Waals surface area (Å²) in [5.74, 6) is -0.887. The molecular formula is C24H30Cl3N3O4S. The van der Waals surface area contributed by atoms with Crippen LogP contribution in [0.15, 0.2) is 42.5 Å². The molecule has 2 aromatic rings. The zero-order valence-corrected chi connectivity index (χ0v) is 23.0. The van der Waals surface area contributed by atoms with Crippen LogP contribution in [-0.2, 0) is 26.2 Å². The number of para-hydroxylation sites is 1. The van der Waals surface area contributed by atoms with Gasteiger partial charge in [0.25, 0.3) is 0 Å². The van der Waals surface area contributed by atoms with E-state index in [0.717, 1.165) is 23.4 Å². The molecule has 2 aromatic carbocycles. The lowest BCUT2D eigenvalue weighted by molar-refractivity contribution is -0.140. The second-order valence-corrected chi connectivity index (χ2v) is 11.2. The molecule has 2 amide bonds. The largest absolute Gasteiger partial charge is 0.354 e. The molecule has 35 heavy (non-hydrogen) atoms. The molecule has 0 aliphatic rings. The van der Waals surface area contributed by atoms with Gasteiger partial charge in [0.2, 0.25) is 21.8 Å². The van der Waals surface area contributed by atoms with E-state index in [0.29, 0.717) is 28.6 Å². The summed E-state index contributed by atoms with van der Waals surface area (Å²) in [5, 5.41) is 3.82. The average Bonchev–Trinajstić information content (AvgIpc) is 2.78. The third kappa shape index (κ3) is 8.27. The van der Waals surface area contributed by atoms with E-state index in [1.54, 1.807) is 43.3 Å². The van der Waals surface area contributed by atoms with Crippen LogP contribution in [0, 0.1) is 0 Å². The van der Waals surface area contributed by atoms with Gasteiger partial charge in [0, 0.05) is 23.1 Å². The first-order valence-corrected chi connectivity index (χ1v) is 14.2. The van der Waals surface area contributed by atoms with Crippen molar-refractivity contribution >= 4 is 62.3 Å². The van der Waals surface area contributed by atoms with E-state index < -0.39 is 28.5 Å². The van der Waals surface area contributed by atoms with E-state index in [2.05, 4.69) is 5.32 Å². The summed E-state index contributed by atoms with van der Waals surface area (Å²) in [4.78, 5) is 28.0. The number of carbonyl (C=O) groups excluding carboxylic acids is 2. The lowest BCUT2D eigenvalue weighted by Crippen LogP contribution is -2.52. The van der Waals surface area contributed by atoms with Crippen molar-refractivity contribution in [3.8, 4) is 0 Å². The molecule has 0 aliphatic carbocycles. The molecular weight excluding hydrogens is 533 g/mol. The molecule has 0 aromatic heterocycles. The van der Waals surface area contributed by atoms with Gasteiger partial charge in [0.1, 0.15) is 12.6 Å². The number of amides is 2. The number of sulfonamides is 1. The number of rotatable bonds is 12. The van der Waals surface area contributed by atoms with Crippen LogP contribution >= 0.6 is 34.8 Å². The number of hydrogen-bond acceptors (Lipinski definition) is 4. The lowest BCUT2D eigenvalue weighted by Gasteiger charge is -2.33. The predicted molar refractivity (Wildman–Crippen MR) is 143 cm³/mol. The van der Waals surface area contributed by atoms with Crippen LogP contribution in [0.2, 0.25) is 15.1 Å². The summed E-state index contributed by atoms with van der Waals surface area (Å²) < 4.78 is 26.2. The molecule has 0 unspecified atom stereocenters. The first kappa shape index (κ1) is 29.2. The number of nitrogens with one attached hydrogen (secondary N) is 1. The minimum atomic E-state index is -3.87. The molecule has 0 spiro atoms. The van der Waals surface area contributed by atoms with Gasteiger partial charge in [-0.2, -0.15) is 0 Å². The third-order valence-corrected chi connectivity index (χ3v) is 7.40. The Kier molecular flexibility index (Phi) is 11.1. The van der Waals surface area contributed by atoms with E-state index in [4.69, 9.17) is 34.8 Å². The Morgan fingerprint density at radius 2 is 1.71 bits per heavy atom. The maximum Gasteiger partial charge on any atom is 0.244 e. The zero-order chi connectivity index (χ0) is 26.2. The summed E-state index contributed by atoms with van der Waals surface area (Å²) >= 11 is 18.6. The molecule has 1 atom stereocenters. The quantitative estimate of drug-likeness (QED) is 0.363. The van der Waals surface area contributed by atoms with Crippen molar-refractivity contribution in [1.82, 2.24) is 10.2 Å². The van der Waals surface area contributed by atoms with E-state index in [1.807, 2.05) is 6.92 Å². The van der Waals surface area contributed by atoms with Crippen molar-refractivity contribution in [3.63, 3.8) is 0 Å². The second-order valence-electron chi connectivity index (χ2n) is 8.05. The van der Waals surface area contributed by atoms with Crippen LogP contribution in [0.5, 0.6) is 0 Å². The van der Waals surface area contributed by atoms with Gasteiger partial charge >= 0.3 is 0 Å². The van der Waals surface area contributed by atoms with Crippen LogP contribution in [-0.4, -0.2) is 50.5 Å². The SMILES string of the molecule is CCCCNC(=O)[C@@H](CC)N(Cc1ccc(Cl)cc1Cl)C(=O)CN(c1ccccc1Cl)S(C)(=O)=O. The monoisotopic (exact) mass is 561 g/mol. The van der Waals surface area contributed by atoms with Crippen LogP contribution in [0.1, 0.15) is 38.7 Å². The van der Waals surface area contributed by atoms with Crippen LogP contribution in [0.4, 0.5) is 5.69 Å².